The van der Waals surface area contributed by atoms with E-state index in [2.05, 4.69) is 14.5 Å². The third-order valence-electron chi connectivity index (χ3n) is 2.45. The van der Waals surface area contributed by atoms with Gasteiger partial charge in [0.25, 0.3) is 0 Å². The molecule has 1 aromatic rings. The van der Waals surface area contributed by atoms with E-state index in [4.69, 9.17) is 0 Å². The maximum Gasteiger partial charge on any atom is 0.460 e. The maximum absolute atomic E-state index is 13.1. The Morgan fingerprint density at radius 1 is 1.17 bits per heavy atom. The number of nitrogens with zero attached hydrogens (tertiary/aromatic N) is 1. The van der Waals surface area contributed by atoms with E-state index in [1.165, 1.54) is 0 Å². The van der Waals surface area contributed by atoms with Crippen molar-refractivity contribution in [2.45, 2.75) is 31.6 Å². The first-order valence-corrected chi connectivity index (χ1v) is 5.90. The second-order valence-corrected chi connectivity index (χ2v) is 4.33. The molecule has 0 saturated heterocycles. The van der Waals surface area contributed by atoms with Gasteiger partial charge in [0.2, 0.25) is 0 Å². The first-order valence-electron chi connectivity index (χ1n) is 5.90. The summed E-state index contributed by atoms with van der Waals surface area (Å²) in [7, 11) is 0. The van der Waals surface area contributed by atoms with Crippen LogP contribution in [0.3, 0.4) is 0 Å². The number of hydrogen-bond donors (Lipinski definition) is 0. The molecule has 0 amide bonds. The molecule has 4 nitrogen and oxygen atoms in total. The summed E-state index contributed by atoms with van der Waals surface area (Å²) in [5.74, 6) is -12.8. The summed E-state index contributed by atoms with van der Waals surface area (Å²) < 4.78 is 96.2. The molecule has 0 bridgehead atoms. The SMILES string of the molecule is CC(=O)OCc1cc(OCC(F)(F)C(F)(F)C(F)(F)F)ccn1. The molecule has 0 saturated carbocycles. The van der Waals surface area contributed by atoms with Crippen molar-refractivity contribution in [1.29, 1.82) is 0 Å². The van der Waals surface area contributed by atoms with Gasteiger partial charge in [0.05, 0.1) is 5.69 Å². The van der Waals surface area contributed by atoms with Crippen molar-refractivity contribution < 1.29 is 45.0 Å². The average Bonchev–Trinajstić information content (AvgIpc) is 2.42. The van der Waals surface area contributed by atoms with E-state index in [0.717, 1.165) is 25.3 Å². The first-order chi connectivity index (χ1) is 10.4. The van der Waals surface area contributed by atoms with Gasteiger partial charge >= 0.3 is 24.0 Å². The van der Waals surface area contributed by atoms with Crippen LogP contribution in [-0.4, -0.2) is 35.6 Å². The van der Waals surface area contributed by atoms with E-state index in [9.17, 15) is 35.5 Å². The van der Waals surface area contributed by atoms with Crippen molar-refractivity contribution >= 4 is 5.97 Å². The molecule has 0 spiro atoms. The lowest BCUT2D eigenvalue weighted by molar-refractivity contribution is -0.358. The Bertz CT molecular complexity index is 560. The number of esters is 1. The van der Waals surface area contributed by atoms with Gasteiger partial charge in [0.1, 0.15) is 12.4 Å². The smallest absolute Gasteiger partial charge is 0.460 e. The van der Waals surface area contributed by atoms with Crippen LogP contribution >= 0.6 is 0 Å². The highest BCUT2D eigenvalue weighted by Crippen LogP contribution is 2.46. The van der Waals surface area contributed by atoms with Crippen LogP contribution in [-0.2, 0) is 16.1 Å². The van der Waals surface area contributed by atoms with E-state index in [0.29, 0.717) is 0 Å². The van der Waals surface area contributed by atoms with Crippen LogP contribution in [0.15, 0.2) is 18.3 Å². The normalized spacial score (nSPS) is 12.9. The zero-order chi connectivity index (χ0) is 17.9. The Labute approximate surface area is 125 Å². The molecule has 0 atom stereocenters. The number of aromatic nitrogens is 1. The Hall–Kier alpha value is -2.07. The van der Waals surface area contributed by atoms with Crippen LogP contribution in [0.2, 0.25) is 0 Å². The van der Waals surface area contributed by atoms with Crippen LogP contribution in [0.1, 0.15) is 12.6 Å². The maximum atomic E-state index is 13.1. The minimum atomic E-state index is -6.42. The number of rotatable bonds is 6. The Morgan fingerprint density at radius 3 is 2.30 bits per heavy atom. The number of halogens is 7. The summed E-state index contributed by atoms with van der Waals surface area (Å²) >= 11 is 0. The standard InChI is InChI=1S/C12H10F7NO3/c1-7(21)22-5-8-4-9(2-3-20-8)23-6-10(13,14)11(15,16)12(17,18)19/h2-4H,5-6H2,1H3. The number of carbonyl (C=O) groups is 1. The van der Waals surface area contributed by atoms with Crippen molar-refractivity contribution in [3.8, 4) is 5.75 Å². The monoisotopic (exact) mass is 349 g/mol. The van der Waals surface area contributed by atoms with Gasteiger partial charge in [-0.3, -0.25) is 9.78 Å². The Balaban J connectivity index is 2.77. The van der Waals surface area contributed by atoms with Gasteiger partial charge < -0.3 is 9.47 Å². The summed E-state index contributed by atoms with van der Waals surface area (Å²) in [4.78, 5) is 14.3. The van der Waals surface area contributed by atoms with Gasteiger partial charge in [0, 0.05) is 19.2 Å². The zero-order valence-electron chi connectivity index (χ0n) is 11.5. The molecular formula is C12H10F7NO3. The van der Waals surface area contributed by atoms with Crippen LogP contribution in [0.4, 0.5) is 30.7 Å². The molecule has 0 aliphatic rings. The molecule has 11 heteroatoms. The lowest BCUT2D eigenvalue weighted by atomic mass is 10.2. The molecule has 0 unspecified atom stereocenters. The fraction of sp³-hybridized carbons (Fsp3) is 0.500. The molecule has 0 radical (unpaired) electrons. The molecular weight excluding hydrogens is 339 g/mol. The van der Waals surface area contributed by atoms with Gasteiger partial charge in [-0.25, -0.2) is 0 Å². The lowest BCUT2D eigenvalue weighted by Gasteiger charge is -2.27. The summed E-state index contributed by atoms with van der Waals surface area (Å²) in [5.41, 5.74) is 0.0311. The highest BCUT2D eigenvalue weighted by atomic mass is 19.4. The van der Waals surface area contributed by atoms with Crippen molar-refractivity contribution in [2.75, 3.05) is 6.61 Å². The number of carbonyl (C=O) groups excluding carboxylic acids is 1. The second kappa shape index (κ2) is 6.59. The number of hydrogen-bond acceptors (Lipinski definition) is 4. The van der Waals surface area contributed by atoms with Crippen molar-refractivity contribution in [3.63, 3.8) is 0 Å². The molecule has 0 aliphatic carbocycles. The fourth-order valence-corrected chi connectivity index (χ4v) is 1.27. The molecule has 130 valence electrons. The van der Waals surface area contributed by atoms with Crippen molar-refractivity contribution in [2.24, 2.45) is 0 Å². The molecule has 0 aromatic carbocycles. The van der Waals surface area contributed by atoms with Crippen molar-refractivity contribution in [3.05, 3.63) is 24.0 Å². The Morgan fingerprint density at radius 2 is 1.78 bits per heavy atom. The van der Waals surface area contributed by atoms with E-state index in [1.807, 2.05) is 0 Å². The minimum Gasteiger partial charge on any atom is -0.487 e. The number of alkyl halides is 7. The second-order valence-electron chi connectivity index (χ2n) is 4.33. The van der Waals surface area contributed by atoms with E-state index in [-0.39, 0.29) is 12.3 Å². The zero-order valence-corrected chi connectivity index (χ0v) is 11.5. The van der Waals surface area contributed by atoms with Gasteiger partial charge in [-0.2, -0.15) is 30.7 Å². The topological polar surface area (TPSA) is 48.4 Å². The third-order valence-corrected chi connectivity index (χ3v) is 2.45. The van der Waals surface area contributed by atoms with Gasteiger partial charge in [-0.1, -0.05) is 0 Å². The molecule has 23 heavy (non-hydrogen) atoms. The molecule has 1 aromatic heterocycles. The number of ether oxygens (including phenoxy) is 2. The third kappa shape index (κ3) is 4.70. The van der Waals surface area contributed by atoms with Crippen LogP contribution < -0.4 is 4.74 Å². The Kier molecular flexibility index (Phi) is 5.43. The first kappa shape index (κ1) is 19.0. The average molecular weight is 349 g/mol. The molecule has 0 aliphatic heterocycles. The molecule has 1 rings (SSSR count). The molecule has 0 fully saturated rings. The fourth-order valence-electron chi connectivity index (χ4n) is 1.27. The van der Waals surface area contributed by atoms with Crippen LogP contribution in [0, 0.1) is 0 Å². The summed E-state index contributed by atoms with van der Waals surface area (Å²) in [6.45, 7) is -1.45. The highest BCUT2D eigenvalue weighted by Gasteiger charge is 2.73. The predicted octanol–water partition coefficient (Wildman–Crippen LogP) is 3.36. The van der Waals surface area contributed by atoms with Crippen LogP contribution in [0.25, 0.3) is 0 Å². The number of pyridine rings is 1. The van der Waals surface area contributed by atoms with E-state index in [1.54, 1.807) is 0 Å². The molecule has 0 N–H and O–H groups in total. The summed E-state index contributed by atoms with van der Waals surface area (Å²) in [5, 5.41) is 0. The largest absolute Gasteiger partial charge is 0.487 e. The van der Waals surface area contributed by atoms with E-state index < -0.39 is 36.3 Å². The van der Waals surface area contributed by atoms with Crippen molar-refractivity contribution in [1.82, 2.24) is 4.98 Å². The van der Waals surface area contributed by atoms with E-state index >= 15 is 0 Å². The summed E-state index contributed by atoms with van der Waals surface area (Å²) in [6.07, 6.45) is -5.40. The van der Waals surface area contributed by atoms with Crippen LogP contribution in [0.5, 0.6) is 5.75 Å². The lowest BCUT2D eigenvalue weighted by Crippen LogP contribution is -2.54. The predicted molar refractivity (Wildman–Crippen MR) is 61.2 cm³/mol. The minimum absolute atomic E-state index is 0.0311. The van der Waals surface area contributed by atoms with Gasteiger partial charge in [-0.15, -0.1) is 0 Å². The van der Waals surface area contributed by atoms with Gasteiger partial charge in [0.15, 0.2) is 6.61 Å². The quantitative estimate of drug-likeness (QED) is 0.584. The molecule has 1 heterocycles. The highest BCUT2D eigenvalue weighted by molar-refractivity contribution is 5.65. The van der Waals surface area contributed by atoms with Gasteiger partial charge in [-0.05, 0) is 6.07 Å². The summed E-state index contributed by atoms with van der Waals surface area (Å²) in [6, 6.07) is 1.93.